The Balaban J connectivity index is 2.21. The van der Waals surface area contributed by atoms with E-state index in [1.807, 2.05) is 19.1 Å². The van der Waals surface area contributed by atoms with E-state index in [-0.39, 0.29) is 18.1 Å². The van der Waals surface area contributed by atoms with Crippen molar-refractivity contribution in [3.05, 3.63) is 58.1 Å². The van der Waals surface area contributed by atoms with Crippen molar-refractivity contribution in [2.75, 3.05) is 11.1 Å². The number of nitrogens with one attached hydrogen (secondary N) is 1. The van der Waals surface area contributed by atoms with Gasteiger partial charge < -0.3 is 11.1 Å². The molecule has 0 bridgehead atoms. The van der Waals surface area contributed by atoms with Gasteiger partial charge in [-0.25, -0.2) is 0 Å². The van der Waals surface area contributed by atoms with Gasteiger partial charge in [-0.2, -0.15) is 0 Å². The average molecular weight is 317 g/mol. The Labute approximate surface area is 134 Å². The number of benzene rings is 2. The minimum absolute atomic E-state index is 0.0901. The van der Waals surface area contributed by atoms with Crippen LogP contribution in [0.2, 0.25) is 5.02 Å². The number of carbonyl (C=O) groups excluding carboxylic acids is 2. The Morgan fingerprint density at radius 1 is 1.18 bits per heavy atom. The molecule has 1 amide bonds. The van der Waals surface area contributed by atoms with Gasteiger partial charge in [-0.15, -0.1) is 0 Å². The van der Waals surface area contributed by atoms with Gasteiger partial charge in [-0.1, -0.05) is 17.7 Å². The highest BCUT2D eigenvalue weighted by atomic mass is 35.5. The molecule has 0 saturated heterocycles. The summed E-state index contributed by atoms with van der Waals surface area (Å²) in [5.74, 6) is -0.220. The fourth-order valence-electron chi connectivity index (χ4n) is 2.20. The van der Waals surface area contributed by atoms with Crippen molar-refractivity contribution in [3.8, 4) is 0 Å². The van der Waals surface area contributed by atoms with Crippen LogP contribution in [0, 0.1) is 6.92 Å². The molecule has 2 aromatic rings. The van der Waals surface area contributed by atoms with E-state index >= 15 is 0 Å². The first-order valence-corrected chi connectivity index (χ1v) is 7.20. The van der Waals surface area contributed by atoms with Crippen LogP contribution in [0.4, 0.5) is 11.4 Å². The molecule has 5 heteroatoms. The second kappa shape index (κ2) is 6.62. The number of halogens is 1. The summed E-state index contributed by atoms with van der Waals surface area (Å²) in [5, 5.41) is 3.11. The summed E-state index contributed by atoms with van der Waals surface area (Å²) in [7, 11) is 0. The van der Waals surface area contributed by atoms with Crippen molar-refractivity contribution >= 4 is 34.7 Å². The molecule has 0 atom stereocenters. The van der Waals surface area contributed by atoms with Gasteiger partial charge in [-0.05, 0) is 48.4 Å². The van der Waals surface area contributed by atoms with Gasteiger partial charge in [0.2, 0.25) is 5.91 Å². The Hall–Kier alpha value is -2.33. The Bertz CT molecular complexity index is 741. The molecule has 0 fully saturated rings. The number of anilines is 2. The normalized spacial score (nSPS) is 10.3. The number of Topliss-reactive ketones (excluding diaryl/α,β-unsaturated/α-hetero) is 1. The zero-order chi connectivity index (χ0) is 16.3. The first kappa shape index (κ1) is 16.0. The first-order chi connectivity index (χ1) is 10.4. The van der Waals surface area contributed by atoms with Gasteiger partial charge in [0.15, 0.2) is 5.78 Å². The molecule has 4 nitrogen and oxygen atoms in total. The zero-order valence-corrected chi connectivity index (χ0v) is 13.2. The number of nitrogens with two attached hydrogens (primary N) is 1. The molecule has 0 radical (unpaired) electrons. The first-order valence-electron chi connectivity index (χ1n) is 6.82. The third-order valence-corrected chi connectivity index (χ3v) is 3.63. The summed E-state index contributed by atoms with van der Waals surface area (Å²) in [6.07, 6.45) is 0.232. The van der Waals surface area contributed by atoms with Gasteiger partial charge in [0.05, 0.1) is 5.02 Å². The second-order valence-corrected chi connectivity index (χ2v) is 5.57. The van der Waals surface area contributed by atoms with Crippen molar-refractivity contribution in [2.24, 2.45) is 0 Å². The van der Waals surface area contributed by atoms with E-state index in [1.54, 1.807) is 24.3 Å². The summed E-state index contributed by atoms with van der Waals surface area (Å²) < 4.78 is 0. The summed E-state index contributed by atoms with van der Waals surface area (Å²) in [6.45, 7) is 3.35. The van der Waals surface area contributed by atoms with Crippen molar-refractivity contribution in [3.63, 3.8) is 0 Å². The number of nitrogen functional groups attached to an aromatic ring is 1. The lowest BCUT2D eigenvalue weighted by atomic mass is 9.98. The summed E-state index contributed by atoms with van der Waals surface area (Å²) >= 11 is 6.06. The van der Waals surface area contributed by atoms with Gasteiger partial charge >= 0.3 is 0 Å². The van der Waals surface area contributed by atoms with Crippen LogP contribution in [0.25, 0.3) is 0 Å². The summed E-state index contributed by atoms with van der Waals surface area (Å²) in [6, 6.07) is 10.3. The van der Waals surface area contributed by atoms with E-state index in [2.05, 4.69) is 5.32 Å². The molecule has 0 spiro atoms. The molecule has 0 aliphatic rings. The molecule has 0 aromatic heterocycles. The minimum Gasteiger partial charge on any atom is -0.399 e. The Morgan fingerprint density at radius 2 is 1.91 bits per heavy atom. The molecular formula is C17H17ClN2O2. The molecule has 22 heavy (non-hydrogen) atoms. The molecule has 0 heterocycles. The SMILES string of the molecule is CC(=O)Nc1ccc(CC(=O)c2cc(N)ccc2Cl)c(C)c1. The van der Waals surface area contributed by atoms with Crippen LogP contribution in [-0.4, -0.2) is 11.7 Å². The van der Waals surface area contributed by atoms with Crippen molar-refractivity contribution in [2.45, 2.75) is 20.3 Å². The lowest BCUT2D eigenvalue weighted by Gasteiger charge is -2.10. The number of rotatable bonds is 4. The predicted molar refractivity (Wildman–Crippen MR) is 89.4 cm³/mol. The Kier molecular flexibility index (Phi) is 4.83. The third-order valence-electron chi connectivity index (χ3n) is 3.30. The highest BCUT2D eigenvalue weighted by Gasteiger charge is 2.13. The topological polar surface area (TPSA) is 72.2 Å². The summed E-state index contributed by atoms with van der Waals surface area (Å²) in [4.78, 5) is 23.4. The molecule has 0 unspecified atom stereocenters. The third kappa shape index (κ3) is 3.86. The zero-order valence-electron chi connectivity index (χ0n) is 12.4. The highest BCUT2D eigenvalue weighted by Crippen LogP contribution is 2.22. The Morgan fingerprint density at radius 3 is 2.55 bits per heavy atom. The monoisotopic (exact) mass is 316 g/mol. The van der Waals surface area contributed by atoms with Crippen LogP contribution < -0.4 is 11.1 Å². The van der Waals surface area contributed by atoms with Crippen LogP contribution >= 0.6 is 11.6 Å². The molecule has 2 aromatic carbocycles. The standard InChI is InChI=1S/C17H17ClN2O2/c1-10-7-14(20-11(2)21)5-3-12(10)8-17(22)15-9-13(19)4-6-16(15)18/h3-7,9H,8,19H2,1-2H3,(H,20,21). The van der Waals surface area contributed by atoms with E-state index in [4.69, 9.17) is 17.3 Å². The minimum atomic E-state index is -0.130. The van der Waals surface area contributed by atoms with Crippen molar-refractivity contribution < 1.29 is 9.59 Å². The maximum atomic E-state index is 12.4. The van der Waals surface area contributed by atoms with E-state index in [1.165, 1.54) is 6.92 Å². The van der Waals surface area contributed by atoms with Gasteiger partial charge in [-0.3, -0.25) is 9.59 Å². The lowest BCUT2D eigenvalue weighted by Crippen LogP contribution is -2.08. The molecule has 2 rings (SSSR count). The molecule has 0 aliphatic heterocycles. The molecule has 0 saturated carbocycles. The fourth-order valence-corrected chi connectivity index (χ4v) is 2.42. The lowest BCUT2D eigenvalue weighted by molar-refractivity contribution is -0.114. The van der Waals surface area contributed by atoms with Crippen LogP contribution in [0.15, 0.2) is 36.4 Å². The molecule has 0 aliphatic carbocycles. The number of hydrogen-bond donors (Lipinski definition) is 2. The van der Waals surface area contributed by atoms with E-state index in [0.717, 1.165) is 11.1 Å². The quantitative estimate of drug-likeness (QED) is 0.668. The van der Waals surface area contributed by atoms with Crippen molar-refractivity contribution in [1.29, 1.82) is 0 Å². The van der Waals surface area contributed by atoms with Crippen LogP contribution in [0.3, 0.4) is 0 Å². The maximum Gasteiger partial charge on any atom is 0.221 e. The fraction of sp³-hybridized carbons (Fsp3) is 0.176. The van der Waals surface area contributed by atoms with Gasteiger partial charge in [0, 0.05) is 30.3 Å². The number of aryl methyl sites for hydroxylation is 1. The largest absolute Gasteiger partial charge is 0.399 e. The van der Waals surface area contributed by atoms with Crippen LogP contribution in [0.1, 0.15) is 28.4 Å². The number of hydrogen-bond acceptors (Lipinski definition) is 3. The number of amides is 1. The van der Waals surface area contributed by atoms with E-state index in [9.17, 15) is 9.59 Å². The molecule has 3 N–H and O–H groups in total. The number of ketones is 1. The maximum absolute atomic E-state index is 12.4. The van der Waals surface area contributed by atoms with Gasteiger partial charge in [0.25, 0.3) is 0 Å². The summed E-state index contributed by atoms with van der Waals surface area (Å²) in [5.41, 5.74) is 9.16. The molecule has 114 valence electrons. The van der Waals surface area contributed by atoms with E-state index in [0.29, 0.717) is 22.0 Å². The molecular weight excluding hydrogens is 300 g/mol. The predicted octanol–water partition coefficient (Wildman–Crippen LogP) is 3.61. The second-order valence-electron chi connectivity index (χ2n) is 5.16. The van der Waals surface area contributed by atoms with Gasteiger partial charge in [0.1, 0.15) is 0 Å². The van der Waals surface area contributed by atoms with Crippen LogP contribution in [0.5, 0.6) is 0 Å². The highest BCUT2D eigenvalue weighted by molar-refractivity contribution is 6.34. The van der Waals surface area contributed by atoms with E-state index < -0.39 is 0 Å². The van der Waals surface area contributed by atoms with Crippen LogP contribution in [-0.2, 0) is 11.2 Å². The average Bonchev–Trinajstić information content (AvgIpc) is 2.43. The number of carbonyl (C=O) groups is 2. The van der Waals surface area contributed by atoms with Crippen molar-refractivity contribution in [1.82, 2.24) is 0 Å². The smallest absolute Gasteiger partial charge is 0.221 e.